The van der Waals surface area contributed by atoms with E-state index in [-0.39, 0.29) is 40.3 Å². The quantitative estimate of drug-likeness (QED) is 0.513. The Hall–Kier alpha value is -3.58. The molecule has 1 aromatic heterocycles. The Morgan fingerprint density at radius 3 is 2.39 bits per heavy atom. The van der Waals surface area contributed by atoms with Crippen molar-refractivity contribution in [3.8, 4) is 6.07 Å². The highest BCUT2D eigenvalue weighted by Crippen LogP contribution is 2.30. The lowest BCUT2D eigenvalue weighted by atomic mass is 10.1. The van der Waals surface area contributed by atoms with Crippen molar-refractivity contribution in [1.82, 2.24) is 4.90 Å². The first-order chi connectivity index (χ1) is 14.8. The summed E-state index contributed by atoms with van der Waals surface area (Å²) < 4.78 is 10.1. The Labute approximate surface area is 182 Å². The summed E-state index contributed by atoms with van der Waals surface area (Å²) >= 11 is 1.45. The molecular formula is C21H19N3O6S. The monoisotopic (exact) mass is 441 g/mol. The number of fused-ring (bicyclic) bond motifs is 1. The molecule has 2 aromatic rings. The molecule has 1 aromatic carbocycles. The van der Waals surface area contributed by atoms with Gasteiger partial charge < -0.3 is 9.15 Å². The zero-order valence-corrected chi connectivity index (χ0v) is 17.9. The lowest BCUT2D eigenvalue weighted by Crippen LogP contribution is -2.47. The van der Waals surface area contributed by atoms with Crippen LogP contribution in [0.1, 0.15) is 48.8 Å². The molecule has 0 aliphatic carbocycles. The number of nitriles is 1. The number of amides is 3. The number of nitrogens with one attached hydrogen (secondary N) is 1. The van der Waals surface area contributed by atoms with Crippen molar-refractivity contribution in [2.24, 2.45) is 0 Å². The number of carbonyl (C=O) groups is 4. The molecule has 10 heteroatoms. The van der Waals surface area contributed by atoms with Crippen LogP contribution < -0.4 is 5.32 Å². The molecule has 1 aliphatic heterocycles. The van der Waals surface area contributed by atoms with E-state index in [4.69, 9.17) is 4.42 Å². The van der Waals surface area contributed by atoms with Crippen LogP contribution in [0.3, 0.4) is 0 Å². The molecule has 160 valence electrons. The predicted molar refractivity (Wildman–Crippen MR) is 112 cm³/mol. The van der Waals surface area contributed by atoms with Crippen molar-refractivity contribution in [2.75, 3.05) is 24.4 Å². The highest BCUT2D eigenvalue weighted by Gasteiger charge is 2.42. The van der Waals surface area contributed by atoms with Gasteiger partial charge in [-0.15, -0.1) is 0 Å². The van der Waals surface area contributed by atoms with E-state index in [9.17, 15) is 24.4 Å². The van der Waals surface area contributed by atoms with Gasteiger partial charge in [-0.1, -0.05) is 12.1 Å². The summed E-state index contributed by atoms with van der Waals surface area (Å²) in [7, 11) is 1.16. The van der Waals surface area contributed by atoms with Gasteiger partial charge >= 0.3 is 5.97 Å². The molecule has 9 nitrogen and oxygen atoms in total. The topological polar surface area (TPSA) is 130 Å². The van der Waals surface area contributed by atoms with Gasteiger partial charge in [-0.05, 0) is 37.5 Å². The summed E-state index contributed by atoms with van der Waals surface area (Å²) in [6.45, 7) is 1.46. The zero-order chi connectivity index (χ0) is 22.7. The van der Waals surface area contributed by atoms with Gasteiger partial charge in [0.05, 0.1) is 18.2 Å². The smallest absolute Gasteiger partial charge is 0.342 e. The fourth-order valence-corrected chi connectivity index (χ4v) is 3.84. The summed E-state index contributed by atoms with van der Waals surface area (Å²) in [4.78, 5) is 51.7. The number of anilines is 1. The molecular weight excluding hydrogens is 422 g/mol. The van der Waals surface area contributed by atoms with Gasteiger partial charge in [0.15, 0.2) is 0 Å². The maximum atomic E-state index is 13.1. The maximum absolute atomic E-state index is 13.1. The predicted octanol–water partition coefficient (Wildman–Crippen LogP) is 2.60. The third-order valence-corrected chi connectivity index (χ3v) is 5.50. The first kappa shape index (κ1) is 22.1. The Kier molecular flexibility index (Phi) is 6.46. The summed E-state index contributed by atoms with van der Waals surface area (Å²) in [6, 6.07) is 7.05. The minimum absolute atomic E-state index is 0.0957. The molecule has 31 heavy (non-hydrogen) atoms. The van der Waals surface area contributed by atoms with Crippen LogP contribution in [0.4, 0.5) is 5.88 Å². The van der Waals surface area contributed by atoms with Gasteiger partial charge in [-0.2, -0.15) is 17.0 Å². The fourth-order valence-electron chi connectivity index (χ4n) is 3.38. The Bertz CT molecular complexity index is 1080. The minimum Gasteiger partial charge on any atom is -0.465 e. The van der Waals surface area contributed by atoms with E-state index in [2.05, 4.69) is 10.1 Å². The van der Waals surface area contributed by atoms with Crippen LogP contribution in [0.15, 0.2) is 28.7 Å². The molecule has 1 atom stereocenters. The molecule has 0 saturated carbocycles. The van der Waals surface area contributed by atoms with Gasteiger partial charge in [0.1, 0.15) is 29.0 Å². The summed E-state index contributed by atoms with van der Waals surface area (Å²) in [5.74, 6) is -2.25. The standard InChI is InChI=1S/C21H19N3O6S/c1-11-16(21(28)29-2)14(10-22)18(30-11)23-17(25)15(8-9-31-3)24-19(26)12-6-4-5-7-13(12)20(24)27/h4-7,15H,8-9H2,1-3H3,(H,23,25). The second-order valence-electron chi connectivity index (χ2n) is 6.65. The molecule has 0 spiro atoms. The van der Waals surface area contributed by atoms with E-state index in [1.807, 2.05) is 12.3 Å². The molecule has 1 aliphatic rings. The van der Waals surface area contributed by atoms with Crippen LogP contribution in [0.25, 0.3) is 0 Å². The van der Waals surface area contributed by atoms with Crippen LogP contribution in [0.2, 0.25) is 0 Å². The second kappa shape index (κ2) is 9.06. The first-order valence-electron chi connectivity index (χ1n) is 9.24. The number of ether oxygens (including phenoxy) is 1. The lowest BCUT2D eigenvalue weighted by molar-refractivity contribution is -0.120. The number of hydrogen-bond donors (Lipinski definition) is 1. The summed E-state index contributed by atoms with van der Waals surface area (Å²) in [5.41, 5.74) is 0.174. The van der Waals surface area contributed by atoms with E-state index in [0.29, 0.717) is 5.75 Å². The molecule has 1 N–H and O–H groups in total. The van der Waals surface area contributed by atoms with E-state index in [1.165, 1.54) is 30.8 Å². The van der Waals surface area contributed by atoms with Crippen LogP contribution in [0, 0.1) is 18.3 Å². The molecule has 0 bridgehead atoms. The first-order valence-corrected chi connectivity index (χ1v) is 10.6. The number of esters is 1. The molecule has 2 heterocycles. The van der Waals surface area contributed by atoms with E-state index < -0.39 is 29.7 Å². The molecule has 0 saturated heterocycles. The number of methoxy groups -OCH3 is 1. The number of imide groups is 1. The van der Waals surface area contributed by atoms with Gasteiger partial charge in [-0.3, -0.25) is 24.6 Å². The number of hydrogen-bond acceptors (Lipinski definition) is 8. The van der Waals surface area contributed by atoms with E-state index >= 15 is 0 Å². The van der Waals surface area contributed by atoms with Crippen molar-refractivity contribution in [3.63, 3.8) is 0 Å². The summed E-state index contributed by atoms with van der Waals surface area (Å²) in [6.07, 6.45) is 2.04. The highest BCUT2D eigenvalue weighted by molar-refractivity contribution is 7.98. The third kappa shape index (κ3) is 3.92. The fraction of sp³-hybridized carbons (Fsp3) is 0.286. The van der Waals surface area contributed by atoms with E-state index in [1.54, 1.807) is 12.1 Å². The van der Waals surface area contributed by atoms with Crippen LogP contribution in [0.5, 0.6) is 0 Å². The molecule has 0 fully saturated rings. The third-order valence-electron chi connectivity index (χ3n) is 4.86. The van der Waals surface area contributed by atoms with Gasteiger partial charge in [0.25, 0.3) is 11.8 Å². The van der Waals surface area contributed by atoms with Crippen molar-refractivity contribution < 1.29 is 28.3 Å². The van der Waals surface area contributed by atoms with Crippen molar-refractivity contribution in [3.05, 3.63) is 52.3 Å². The number of carbonyl (C=O) groups excluding carboxylic acids is 4. The van der Waals surface area contributed by atoms with Gasteiger partial charge in [-0.25, -0.2) is 4.79 Å². The van der Waals surface area contributed by atoms with Crippen molar-refractivity contribution in [2.45, 2.75) is 19.4 Å². The van der Waals surface area contributed by atoms with Gasteiger partial charge in [0, 0.05) is 0 Å². The Morgan fingerprint density at radius 2 is 1.87 bits per heavy atom. The largest absolute Gasteiger partial charge is 0.465 e. The number of furan rings is 1. The number of nitrogens with zero attached hydrogens (tertiary/aromatic N) is 2. The molecule has 3 amide bonds. The van der Waals surface area contributed by atoms with Crippen LogP contribution >= 0.6 is 11.8 Å². The minimum atomic E-state index is -1.13. The Morgan fingerprint density at radius 1 is 1.26 bits per heavy atom. The molecule has 0 radical (unpaired) electrons. The van der Waals surface area contributed by atoms with Crippen molar-refractivity contribution in [1.29, 1.82) is 5.26 Å². The lowest BCUT2D eigenvalue weighted by Gasteiger charge is -2.24. The Balaban J connectivity index is 1.94. The van der Waals surface area contributed by atoms with Crippen LogP contribution in [-0.2, 0) is 9.53 Å². The second-order valence-corrected chi connectivity index (χ2v) is 7.64. The summed E-state index contributed by atoms with van der Waals surface area (Å²) in [5, 5.41) is 11.9. The van der Waals surface area contributed by atoms with Crippen molar-refractivity contribution >= 4 is 41.3 Å². The number of rotatable bonds is 7. The SMILES string of the molecule is COC(=O)c1c(C)oc(NC(=O)C(CCSC)N2C(=O)c3ccccc3C2=O)c1C#N. The number of thioether (sulfide) groups is 1. The molecule has 1 unspecified atom stereocenters. The van der Waals surface area contributed by atoms with E-state index in [0.717, 1.165) is 12.0 Å². The maximum Gasteiger partial charge on any atom is 0.342 e. The average Bonchev–Trinajstić information content (AvgIpc) is 3.21. The van der Waals surface area contributed by atoms with Gasteiger partial charge in [0.2, 0.25) is 11.8 Å². The average molecular weight is 441 g/mol. The number of benzene rings is 1. The number of aryl methyl sites for hydroxylation is 1. The zero-order valence-electron chi connectivity index (χ0n) is 17.1. The normalized spacial score (nSPS) is 13.5. The highest BCUT2D eigenvalue weighted by atomic mass is 32.2. The van der Waals surface area contributed by atoms with Crippen LogP contribution in [-0.4, -0.2) is 53.8 Å². The molecule has 3 rings (SSSR count).